The molecule has 24 heavy (non-hydrogen) atoms. The normalized spacial score (nSPS) is 14.8. The van der Waals surface area contributed by atoms with Crippen LogP contribution in [-0.2, 0) is 0 Å². The lowest BCUT2D eigenvalue weighted by atomic mass is 9.98. The van der Waals surface area contributed by atoms with Crippen molar-refractivity contribution in [1.82, 2.24) is 4.57 Å². The second-order valence-corrected chi connectivity index (χ2v) is 6.22. The molecular formula is C20H29NO3. The van der Waals surface area contributed by atoms with Crippen molar-refractivity contribution >= 4 is 5.70 Å². The number of aromatic hydroxyl groups is 1. The minimum atomic E-state index is -0.826. The highest BCUT2D eigenvalue weighted by atomic mass is 16.3. The molecule has 2 N–H and O–H groups in total. The average Bonchev–Trinajstić information content (AvgIpc) is 2.49. The maximum Gasteiger partial charge on any atom is 0.223 e. The van der Waals surface area contributed by atoms with Crippen molar-refractivity contribution in [3.05, 3.63) is 58.6 Å². The molecule has 0 aliphatic rings. The second kappa shape index (κ2) is 9.28. The molecule has 1 aromatic heterocycles. The van der Waals surface area contributed by atoms with Gasteiger partial charge in [0.25, 0.3) is 0 Å². The predicted octanol–water partition coefficient (Wildman–Crippen LogP) is 4.41. The van der Waals surface area contributed by atoms with Crippen molar-refractivity contribution in [2.75, 3.05) is 0 Å². The fourth-order valence-electron chi connectivity index (χ4n) is 2.78. The van der Waals surface area contributed by atoms with Gasteiger partial charge >= 0.3 is 0 Å². The summed E-state index contributed by atoms with van der Waals surface area (Å²) in [5.74, 6) is -0.168. The summed E-state index contributed by atoms with van der Waals surface area (Å²) in [6.45, 7) is 11.9. The third kappa shape index (κ3) is 5.53. The maximum atomic E-state index is 11.6. The topological polar surface area (TPSA) is 62.5 Å². The molecule has 0 saturated heterocycles. The van der Waals surface area contributed by atoms with Crippen molar-refractivity contribution in [1.29, 1.82) is 0 Å². The first-order valence-corrected chi connectivity index (χ1v) is 8.42. The van der Waals surface area contributed by atoms with Gasteiger partial charge in [0, 0.05) is 17.7 Å². The van der Waals surface area contributed by atoms with Gasteiger partial charge in [-0.25, -0.2) is 0 Å². The number of pyridine rings is 1. The molecule has 2 unspecified atom stereocenters. The summed E-state index contributed by atoms with van der Waals surface area (Å²) in [6, 6.07) is 1.26. The van der Waals surface area contributed by atoms with Crippen molar-refractivity contribution < 1.29 is 10.2 Å². The molecule has 0 aromatic carbocycles. The number of allylic oxidation sites excluding steroid dienone is 5. The number of aromatic nitrogens is 1. The maximum absolute atomic E-state index is 11.6. The summed E-state index contributed by atoms with van der Waals surface area (Å²) in [5.41, 5.74) is 1.96. The highest BCUT2D eigenvalue weighted by Gasteiger charge is 2.14. The van der Waals surface area contributed by atoms with Crippen LogP contribution in [-0.4, -0.2) is 14.8 Å². The van der Waals surface area contributed by atoms with E-state index in [1.165, 1.54) is 17.8 Å². The molecule has 4 heteroatoms. The van der Waals surface area contributed by atoms with E-state index >= 15 is 0 Å². The molecule has 0 amide bonds. The second-order valence-electron chi connectivity index (χ2n) is 6.22. The van der Waals surface area contributed by atoms with Crippen LogP contribution in [0.25, 0.3) is 5.70 Å². The standard InChI is InChI=1S/C20H29NO3/c1-6-8-14(3)10-17(9-7-2)11-15(4)21-13-20(24)19(23)12-18(21)16(5)22/h7,9-10,12-13,16-17,22,24H,4,6,8,11H2,1-3,5H3/b9-7-,14-10-. The van der Waals surface area contributed by atoms with Gasteiger partial charge in [0.2, 0.25) is 5.43 Å². The van der Waals surface area contributed by atoms with E-state index in [4.69, 9.17) is 0 Å². The molecule has 0 spiro atoms. The minimum Gasteiger partial charge on any atom is -0.503 e. The quantitative estimate of drug-likeness (QED) is 0.694. The van der Waals surface area contributed by atoms with Crippen LogP contribution in [0.15, 0.2) is 47.4 Å². The Morgan fingerprint density at radius 1 is 1.46 bits per heavy atom. The summed E-state index contributed by atoms with van der Waals surface area (Å²) in [6.07, 6.45) is 9.63. The molecule has 0 fully saturated rings. The van der Waals surface area contributed by atoms with E-state index in [9.17, 15) is 15.0 Å². The predicted molar refractivity (Wildman–Crippen MR) is 99.9 cm³/mol. The van der Waals surface area contributed by atoms with Crippen LogP contribution in [0.4, 0.5) is 0 Å². The zero-order valence-corrected chi connectivity index (χ0v) is 15.1. The van der Waals surface area contributed by atoms with E-state index in [-0.39, 0.29) is 11.7 Å². The molecule has 1 heterocycles. The molecule has 4 nitrogen and oxygen atoms in total. The number of aliphatic hydroxyl groups is 1. The van der Waals surface area contributed by atoms with Crippen molar-refractivity contribution in [3.8, 4) is 5.75 Å². The summed E-state index contributed by atoms with van der Waals surface area (Å²) < 4.78 is 1.61. The SMILES string of the molecule is C=C(CC(/C=C\C)/C=C(/C)CCC)n1cc(O)c(=O)cc1C(C)O. The minimum absolute atomic E-state index is 0.178. The van der Waals surface area contributed by atoms with E-state index in [1.807, 2.05) is 13.0 Å². The molecule has 132 valence electrons. The fraction of sp³-hybridized carbons (Fsp3) is 0.450. The highest BCUT2D eigenvalue weighted by molar-refractivity contribution is 5.47. The summed E-state index contributed by atoms with van der Waals surface area (Å²) >= 11 is 0. The highest BCUT2D eigenvalue weighted by Crippen LogP contribution is 2.24. The first kappa shape index (κ1) is 20.0. The van der Waals surface area contributed by atoms with Gasteiger partial charge in [0.05, 0.1) is 18.0 Å². The Labute approximate surface area is 144 Å². The molecule has 0 bridgehead atoms. The first-order valence-electron chi connectivity index (χ1n) is 8.42. The van der Waals surface area contributed by atoms with Gasteiger partial charge in [0.1, 0.15) is 0 Å². The zero-order valence-electron chi connectivity index (χ0n) is 15.1. The fourth-order valence-corrected chi connectivity index (χ4v) is 2.78. The molecule has 1 rings (SSSR count). The molecule has 1 aromatic rings. The largest absolute Gasteiger partial charge is 0.503 e. The van der Waals surface area contributed by atoms with Crippen LogP contribution < -0.4 is 5.43 Å². The molecule has 0 aliphatic heterocycles. The van der Waals surface area contributed by atoms with E-state index in [2.05, 4.69) is 32.6 Å². The Morgan fingerprint density at radius 2 is 2.12 bits per heavy atom. The lowest BCUT2D eigenvalue weighted by molar-refractivity contribution is 0.191. The summed E-state index contributed by atoms with van der Waals surface area (Å²) in [4.78, 5) is 11.6. The average molecular weight is 331 g/mol. The van der Waals surface area contributed by atoms with Crippen LogP contribution in [0, 0.1) is 5.92 Å². The third-order valence-electron chi connectivity index (χ3n) is 3.88. The Bertz CT molecular complexity index is 681. The molecule has 0 radical (unpaired) electrons. The van der Waals surface area contributed by atoms with Gasteiger partial charge in [-0.3, -0.25) is 4.79 Å². The lowest BCUT2D eigenvalue weighted by Crippen LogP contribution is -2.14. The van der Waals surface area contributed by atoms with E-state index in [0.29, 0.717) is 17.8 Å². The molecular weight excluding hydrogens is 302 g/mol. The van der Waals surface area contributed by atoms with Crippen LogP contribution in [0.1, 0.15) is 58.8 Å². The van der Waals surface area contributed by atoms with Crippen LogP contribution in [0.2, 0.25) is 0 Å². The number of aliphatic hydroxyl groups excluding tert-OH is 1. The zero-order chi connectivity index (χ0) is 18.3. The van der Waals surface area contributed by atoms with E-state index < -0.39 is 11.5 Å². The van der Waals surface area contributed by atoms with Gasteiger partial charge in [-0.15, -0.1) is 0 Å². The Hall–Kier alpha value is -2.07. The van der Waals surface area contributed by atoms with Gasteiger partial charge in [-0.05, 0) is 33.6 Å². The van der Waals surface area contributed by atoms with Gasteiger partial charge in [0.15, 0.2) is 5.75 Å². The smallest absolute Gasteiger partial charge is 0.223 e. The first-order chi connectivity index (χ1) is 11.3. The van der Waals surface area contributed by atoms with Crippen molar-refractivity contribution in [3.63, 3.8) is 0 Å². The molecule has 0 aliphatic carbocycles. The monoisotopic (exact) mass is 331 g/mol. The van der Waals surface area contributed by atoms with Crippen LogP contribution in [0.3, 0.4) is 0 Å². The van der Waals surface area contributed by atoms with Gasteiger partial charge in [-0.2, -0.15) is 0 Å². The number of nitrogens with zero attached hydrogens (tertiary/aromatic N) is 1. The van der Waals surface area contributed by atoms with Crippen LogP contribution >= 0.6 is 0 Å². The van der Waals surface area contributed by atoms with Crippen LogP contribution in [0.5, 0.6) is 5.75 Å². The Morgan fingerprint density at radius 3 is 2.67 bits per heavy atom. The number of hydrogen-bond donors (Lipinski definition) is 2. The summed E-state index contributed by atoms with van der Waals surface area (Å²) in [5, 5.41) is 19.6. The number of hydrogen-bond acceptors (Lipinski definition) is 3. The molecule has 0 saturated carbocycles. The molecule has 2 atom stereocenters. The lowest BCUT2D eigenvalue weighted by Gasteiger charge is -2.20. The Balaban J connectivity index is 3.14. The number of rotatable bonds is 8. The van der Waals surface area contributed by atoms with Gasteiger partial charge in [-0.1, -0.05) is 43.7 Å². The van der Waals surface area contributed by atoms with Crippen molar-refractivity contribution in [2.24, 2.45) is 5.92 Å². The van der Waals surface area contributed by atoms with E-state index in [0.717, 1.165) is 12.8 Å². The summed E-state index contributed by atoms with van der Waals surface area (Å²) in [7, 11) is 0. The van der Waals surface area contributed by atoms with Gasteiger partial charge < -0.3 is 14.8 Å². The Kier molecular flexibility index (Phi) is 7.72. The van der Waals surface area contributed by atoms with Crippen molar-refractivity contribution in [2.45, 2.75) is 53.1 Å². The van der Waals surface area contributed by atoms with E-state index in [1.54, 1.807) is 11.5 Å². The third-order valence-corrected chi connectivity index (χ3v) is 3.88.